The number of rotatable bonds is 5. The largest absolute Gasteiger partial charge is 0.396 e. The van der Waals surface area contributed by atoms with Crippen molar-refractivity contribution in [2.24, 2.45) is 5.92 Å². The summed E-state index contributed by atoms with van der Waals surface area (Å²) in [5.74, 6) is 0.508. The van der Waals surface area contributed by atoms with Crippen LogP contribution in [-0.2, 0) is 6.54 Å². The molecule has 6 heteroatoms. The Balaban J connectivity index is 2.06. The number of aliphatic hydroxyl groups excluding tert-OH is 1. The molecule has 0 bridgehead atoms. The van der Waals surface area contributed by atoms with Gasteiger partial charge in [0.1, 0.15) is 5.69 Å². The summed E-state index contributed by atoms with van der Waals surface area (Å²) in [4.78, 5) is 12.7. The van der Waals surface area contributed by atoms with E-state index in [-0.39, 0.29) is 18.0 Å². The average Bonchev–Trinajstić information content (AvgIpc) is 2.42. The molecule has 1 unspecified atom stereocenters. The van der Waals surface area contributed by atoms with Crippen LogP contribution in [0, 0.1) is 16.0 Å². The Morgan fingerprint density at radius 3 is 3.00 bits per heavy atom. The minimum absolute atomic E-state index is 0.0218. The van der Waals surface area contributed by atoms with Gasteiger partial charge in [-0.2, -0.15) is 0 Å². The molecule has 1 aliphatic rings. The van der Waals surface area contributed by atoms with E-state index in [9.17, 15) is 10.1 Å². The molecule has 1 saturated heterocycles. The van der Waals surface area contributed by atoms with Crippen molar-refractivity contribution in [2.45, 2.75) is 25.8 Å². The van der Waals surface area contributed by atoms with Gasteiger partial charge in [0, 0.05) is 25.8 Å². The van der Waals surface area contributed by atoms with Crippen LogP contribution in [0.4, 0.5) is 11.4 Å². The highest BCUT2D eigenvalue weighted by molar-refractivity contribution is 5.62. The summed E-state index contributed by atoms with van der Waals surface area (Å²) in [6, 6.07) is 4.96. The second-order valence-corrected chi connectivity index (χ2v) is 5.36. The first-order valence-corrected chi connectivity index (χ1v) is 6.96. The van der Waals surface area contributed by atoms with Crippen LogP contribution in [0.5, 0.6) is 0 Å². The fourth-order valence-electron chi connectivity index (χ4n) is 2.85. The van der Waals surface area contributed by atoms with Gasteiger partial charge in [-0.1, -0.05) is 12.1 Å². The monoisotopic (exact) mass is 279 g/mol. The van der Waals surface area contributed by atoms with Gasteiger partial charge in [-0.25, -0.2) is 0 Å². The number of hydrogen-bond donors (Lipinski definition) is 2. The van der Waals surface area contributed by atoms with E-state index in [1.54, 1.807) is 6.07 Å². The van der Waals surface area contributed by atoms with Gasteiger partial charge in [0.15, 0.2) is 0 Å². The fourth-order valence-corrected chi connectivity index (χ4v) is 2.85. The third-order valence-corrected chi connectivity index (χ3v) is 3.90. The van der Waals surface area contributed by atoms with Crippen LogP contribution in [0.25, 0.3) is 0 Å². The normalized spacial score (nSPS) is 19.9. The molecule has 1 heterocycles. The number of benzene rings is 1. The summed E-state index contributed by atoms with van der Waals surface area (Å²) in [6.45, 7) is 2.75. The number of anilines is 1. The molecule has 2 rings (SSSR count). The van der Waals surface area contributed by atoms with Crippen LogP contribution in [0.15, 0.2) is 18.2 Å². The smallest absolute Gasteiger partial charge is 0.292 e. The summed E-state index contributed by atoms with van der Waals surface area (Å²) in [5, 5.41) is 19.9. The first kappa shape index (κ1) is 14.7. The number of para-hydroxylation sites is 1. The Bertz CT molecular complexity index is 477. The molecule has 1 aromatic carbocycles. The van der Waals surface area contributed by atoms with Gasteiger partial charge >= 0.3 is 0 Å². The van der Waals surface area contributed by atoms with Crippen LogP contribution in [-0.4, -0.2) is 34.6 Å². The molecule has 1 aromatic rings. The zero-order chi connectivity index (χ0) is 14.5. The molecule has 3 N–H and O–H groups in total. The van der Waals surface area contributed by atoms with E-state index in [0.717, 1.165) is 37.9 Å². The maximum Gasteiger partial charge on any atom is 0.292 e. The molecular weight excluding hydrogens is 258 g/mol. The van der Waals surface area contributed by atoms with Crippen molar-refractivity contribution in [3.63, 3.8) is 0 Å². The standard InChI is InChI=1S/C14H21N3O3/c15-14-12(4-1-5-13(14)17(19)20)10-16-7-2-3-11(9-16)6-8-18/h1,4-5,11,18H,2-3,6-10,15H2. The predicted molar refractivity (Wildman–Crippen MR) is 77.2 cm³/mol. The second-order valence-electron chi connectivity index (χ2n) is 5.36. The highest BCUT2D eigenvalue weighted by atomic mass is 16.6. The van der Waals surface area contributed by atoms with E-state index in [0.29, 0.717) is 12.5 Å². The first-order chi connectivity index (χ1) is 9.61. The average molecular weight is 279 g/mol. The van der Waals surface area contributed by atoms with Crippen molar-refractivity contribution in [3.8, 4) is 0 Å². The van der Waals surface area contributed by atoms with Gasteiger partial charge in [-0.05, 0) is 37.3 Å². The number of likely N-dealkylation sites (tertiary alicyclic amines) is 1. The predicted octanol–water partition coefficient (Wildman–Crippen LogP) is 1.77. The van der Waals surface area contributed by atoms with Crippen molar-refractivity contribution in [1.82, 2.24) is 4.90 Å². The van der Waals surface area contributed by atoms with Crippen LogP contribution >= 0.6 is 0 Å². The SMILES string of the molecule is Nc1c(CN2CCCC(CCO)C2)cccc1[N+](=O)[O-]. The van der Waals surface area contributed by atoms with Crippen molar-refractivity contribution in [2.75, 3.05) is 25.4 Å². The van der Waals surface area contributed by atoms with Crippen LogP contribution < -0.4 is 5.73 Å². The maximum atomic E-state index is 10.9. The lowest BCUT2D eigenvalue weighted by atomic mass is 9.94. The summed E-state index contributed by atoms with van der Waals surface area (Å²) >= 11 is 0. The van der Waals surface area contributed by atoms with Gasteiger partial charge in [-0.3, -0.25) is 15.0 Å². The summed E-state index contributed by atoms with van der Waals surface area (Å²) in [6.07, 6.45) is 3.06. The van der Waals surface area contributed by atoms with Crippen LogP contribution in [0.3, 0.4) is 0 Å². The van der Waals surface area contributed by atoms with E-state index in [1.165, 1.54) is 6.07 Å². The van der Waals surface area contributed by atoms with Crippen molar-refractivity contribution >= 4 is 11.4 Å². The van der Waals surface area contributed by atoms with Gasteiger partial charge < -0.3 is 10.8 Å². The number of nitrogens with zero attached hydrogens (tertiary/aromatic N) is 2. The lowest BCUT2D eigenvalue weighted by Crippen LogP contribution is -2.35. The Hall–Kier alpha value is -1.66. The third-order valence-electron chi connectivity index (χ3n) is 3.90. The van der Waals surface area contributed by atoms with Crippen LogP contribution in [0.2, 0.25) is 0 Å². The lowest BCUT2D eigenvalue weighted by molar-refractivity contribution is -0.384. The van der Waals surface area contributed by atoms with Gasteiger partial charge in [0.2, 0.25) is 0 Å². The summed E-state index contributed by atoms with van der Waals surface area (Å²) in [7, 11) is 0. The number of nitro groups is 1. The van der Waals surface area contributed by atoms with E-state index < -0.39 is 4.92 Å². The molecule has 20 heavy (non-hydrogen) atoms. The molecule has 0 aromatic heterocycles. The minimum Gasteiger partial charge on any atom is -0.396 e. The lowest BCUT2D eigenvalue weighted by Gasteiger charge is -2.32. The molecular formula is C14H21N3O3. The molecule has 0 spiro atoms. The molecule has 1 fully saturated rings. The van der Waals surface area contributed by atoms with Gasteiger partial charge in [-0.15, -0.1) is 0 Å². The second kappa shape index (κ2) is 6.67. The number of piperidine rings is 1. The Kier molecular flexibility index (Phi) is 4.92. The highest BCUT2D eigenvalue weighted by Crippen LogP contribution is 2.27. The Morgan fingerprint density at radius 2 is 2.30 bits per heavy atom. The highest BCUT2D eigenvalue weighted by Gasteiger charge is 2.21. The third kappa shape index (κ3) is 3.46. The van der Waals surface area contributed by atoms with E-state index in [1.807, 2.05) is 6.07 Å². The van der Waals surface area contributed by atoms with Crippen molar-refractivity contribution in [1.29, 1.82) is 0 Å². The van der Waals surface area contributed by atoms with Crippen molar-refractivity contribution < 1.29 is 10.0 Å². The minimum atomic E-state index is -0.441. The molecule has 110 valence electrons. The topological polar surface area (TPSA) is 92.6 Å². The van der Waals surface area contributed by atoms with E-state index in [4.69, 9.17) is 10.8 Å². The molecule has 0 aliphatic carbocycles. The zero-order valence-electron chi connectivity index (χ0n) is 11.5. The molecule has 6 nitrogen and oxygen atoms in total. The molecule has 0 radical (unpaired) electrons. The fraction of sp³-hybridized carbons (Fsp3) is 0.571. The van der Waals surface area contributed by atoms with Crippen molar-refractivity contribution in [3.05, 3.63) is 33.9 Å². The Morgan fingerprint density at radius 1 is 1.50 bits per heavy atom. The molecule has 0 amide bonds. The number of nitrogens with two attached hydrogens (primary N) is 1. The zero-order valence-corrected chi connectivity index (χ0v) is 11.5. The quantitative estimate of drug-likeness (QED) is 0.487. The Labute approximate surface area is 118 Å². The van der Waals surface area contributed by atoms with Gasteiger partial charge in [0.25, 0.3) is 5.69 Å². The first-order valence-electron chi connectivity index (χ1n) is 6.96. The summed E-state index contributed by atoms with van der Waals surface area (Å²) < 4.78 is 0. The number of aliphatic hydroxyl groups is 1. The van der Waals surface area contributed by atoms with Gasteiger partial charge in [0.05, 0.1) is 4.92 Å². The number of nitro benzene ring substituents is 1. The molecule has 1 aliphatic heterocycles. The summed E-state index contributed by atoms with van der Waals surface area (Å²) in [5.41, 5.74) is 6.94. The number of nitrogen functional groups attached to an aromatic ring is 1. The number of hydrogen-bond acceptors (Lipinski definition) is 5. The van der Waals surface area contributed by atoms with Crippen LogP contribution in [0.1, 0.15) is 24.8 Å². The molecule has 0 saturated carbocycles. The van der Waals surface area contributed by atoms with E-state index in [2.05, 4.69) is 4.90 Å². The van der Waals surface area contributed by atoms with E-state index >= 15 is 0 Å². The maximum absolute atomic E-state index is 10.9. The molecule has 1 atom stereocenters.